The predicted molar refractivity (Wildman–Crippen MR) is 101 cm³/mol. The van der Waals surface area contributed by atoms with Gasteiger partial charge in [-0.3, -0.25) is 4.79 Å². The first-order valence-corrected chi connectivity index (χ1v) is 9.02. The van der Waals surface area contributed by atoms with E-state index in [9.17, 15) is 4.79 Å². The second kappa shape index (κ2) is 6.12. The summed E-state index contributed by atoms with van der Waals surface area (Å²) in [5, 5.41) is 4.87. The van der Waals surface area contributed by atoms with Gasteiger partial charge in [0, 0.05) is 10.0 Å². The van der Waals surface area contributed by atoms with E-state index >= 15 is 0 Å². The zero-order chi connectivity index (χ0) is 16.7. The van der Waals surface area contributed by atoms with Crippen molar-refractivity contribution in [1.29, 1.82) is 0 Å². The molecule has 0 aliphatic heterocycles. The number of hydrogen-bond acceptors (Lipinski definition) is 4. The summed E-state index contributed by atoms with van der Waals surface area (Å²) >= 11 is 10.9. The molecule has 118 valence electrons. The van der Waals surface area contributed by atoms with Gasteiger partial charge in [-0.1, -0.05) is 63.1 Å². The van der Waals surface area contributed by atoms with E-state index in [4.69, 9.17) is 11.6 Å². The van der Waals surface area contributed by atoms with E-state index in [0.29, 0.717) is 25.9 Å². The standard InChI is InChI=1S/C17H9BrClN3OS/c18-11-7-5-10(6-8-11)9-14-16(23)22-17(24-14)20-15(21-22)12-3-1-2-4-13(12)19/h1-9H/b14-9+. The van der Waals surface area contributed by atoms with Crippen LogP contribution in [-0.2, 0) is 0 Å². The highest BCUT2D eigenvalue weighted by molar-refractivity contribution is 9.10. The first-order valence-electron chi connectivity index (χ1n) is 7.03. The molecule has 0 aliphatic rings. The summed E-state index contributed by atoms with van der Waals surface area (Å²) < 4.78 is 2.92. The zero-order valence-electron chi connectivity index (χ0n) is 12.1. The number of rotatable bonds is 2. The lowest BCUT2D eigenvalue weighted by atomic mass is 10.2. The van der Waals surface area contributed by atoms with Crippen molar-refractivity contribution in [3.63, 3.8) is 0 Å². The molecule has 2 aromatic heterocycles. The molecular formula is C17H9BrClN3OS. The molecule has 2 heterocycles. The van der Waals surface area contributed by atoms with Gasteiger partial charge in [0.15, 0.2) is 5.82 Å². The molecular weight excluding hydrogens is 410 g/mol. The van der Waals surface area contributed by atoms with Gasteiger partial charge < -0.3 is 0 Å². The van der Waals surface area contributed by atoms with Crippen LogP contribution in [0.5, 0.6) is 0 Å². The molecule has 0 aliphatic carbocycles. The Morgan fingerprint density at radius 2 is 1.88 bits per heavy atom. The van der Waals surface area contributed by atoms with Gasteiger partial charge in [0.1, 0.15) is 0 Å². The van der Waals surface area contributed by atoms with Crippen LogP contribution in [0.1, 0.15) is 5.56 Å². The van der Waals surface area contributed by atoms with Crippen LogP contribution in [0, 0.1) is 0 Å². The Hall–Kier alpha value is -2.02. The van der Waals surface area contributed by atoms with Gasteiger partial charge >= 0.3 is 0 Å². The minimum absolute atomic E-state index is 0.177. The highest BCUT2D eigenvalue weighted by Crippen LogP contribution is 2.25. The van der Waals surface area contributed by atoms with Crippen molar-refractivity contribution >= 4 is 49.9 Å². The molecule has 0 saturated carbocycles. The molecule has 0 fully saturated rings. The normalized spacial score (nSPS) is 12.2. The van der Waals surface area contributed by atoms with Crippen LogP contribution in [0.3, 0.4) is 0 Å². The van der Waals surface area contributed by atoms with Gasteiger partial charge in [-0.05, 0) is 35.9 Å². The van der Waals surface area contributed by atoms with Crippen molar-refractivity contribution < 1.29 is 0 Å². The summed E-state index contributed by atoms with van der Waals surface area (Å²) in [4.78, 5) is 17.5. The van der Waals surface area contributed by atoms with Gasteiger partial charge in [0.05, 0.1) is 9.55 Å². The third-order valence-corrected chi connectivity index (χ3v) is 5.28. The topological polar surface area (TPSA) is 47.3 Å². The van der Waals surface area contributed by atoms with Crippen molar-refractivity contribution in [2.24, 2.45) is 0 Å². The summed E-state index contributed by atoms with van der Waals surface area (Å²) in [7, 11) is 0. The van der Waals surface area contributed by atoms with E-state index < -0.39 is 0 Å². The van der Waals surface area contributed by atoms with E-state index in [1.165, 1.54) is 15.9 Å². The second-order valence-corrected chi connectivity index (χ2v) is 7.41. The van der Waals surface area contributed by atoms with E-state index in [2.05, 4.69) is 26.0 Å². The Labute approximate surface area is 154 Å². The largest absolute Gasteiger partial charge is 0.291 e. The summed E-state index contributed by atoms with van der Waals surface area (Å²) in [5.41, 5.74) is 1.49. The fraction of sp³-hybridized carbons (Fsp3) is 0. The molecule has 4 rings (SSSR count). The average molecular weight is 419 g/mol. The molecule has 2 aromatic carbocycles. The fourth-order valence-corrected chi connectivity index (χ4v) is 3.69. The van der Waals surface area contributed by atoms with Gasteiger partial charge in [-0.25, -0.2) is 0 Å². The summed E-state index contributed by atoms with van der Waals surface area (Å²) in [6.45, 7) is 0. The van der Waals surface area contributed by atoms with E-state index in [-0.39, 0.29) is 5.56 Å². The smallest absolute Gasteiger partial charge is 0.266 e. The average Bonchev–Trinajstić information content (AvgIpc) is 3.10. The Bertz CT molecular complexity index is 1150. The number of fused-ring (bicyclic) bond motifs is 1. The lowest BCUT2D eigenvalue weighted by Gasteiger charge is -1.96. The quantitative estimate of drug-likeness (QED) is 0.498. The second-order valence-electron chi connectivity index (χ2n) is 5.08. The maximum absolute atomic E-state index is 12.5. The minimum atomic E-state index is -0.177. The maximum atomic E-state index is 12.5. The van der Waals surface area contributed by atoms with Crippen LogP contribution in [0.15, 0.2) is 57.8 Å². The van der Waals surface area contributed by atoms with Crippen LogP contribution in [0.25, 0.3) is 22.4 Å². The number of nitrogens with zero attached hydrogens (tertiary/aromatic N) is 3. The summed E-state index contributed by atoms with van der Waals surface area (Å²) in [6, 6.07) is 15.1. The molecule has 0 radical (unpaired) electrons. The number of halogens is 2. The summed E-state index contributed by atoms with van der Waals surface area (Å²) in [6.07, 6.45) is 1.84. The van der Waals surface area contributed by atoms with Crippen molar-refractivity contribution in [3.05, 3.63) is 78.5 Å². The molecule has 4 nitrogen and oxygen atoms in total. The zero-order valence-corrected chi connectivity index (χ0v) is 15.3. The van der Waals surface area contributed by atoms with Gasteiger partial charge in [0.2, 0.25) is 4.96 Å². The highest BCUT2D eigenvalue weighted by atomic mass is 79.9. The number of benzene rings is 2. The third-order valence-electron chi connectivity index (χ3n) is 3.46. The Morgan fingerprint density at radius 3 is 2.58 bits per heavy atom. The molecule has 0 saturated heterocycles. The van der Waals surface area contributed by atoms with Gasteiger partial charge in [0.25, 0.3) is 5.56 Å². The predicted octanol–water partition coefficient (Wildman–Crippen LogP) is 3.78. The van der Waals surface area contributed by atoms with Crippen molar-refractivity contribution in [2.75, 3.05) is 0 Å². The van der Waals surface area contributed by atoms with Crippen LogP contribution in [-0.4, -0.2) is 14.6 Å². The number of thiazole rings is 1. The van der Waals surface area contributed by atoms with Crippen LogP contribution >= 0.6 is 38.9 Å². The molecule has 4 aromatic rings. The molecule has 0 amide bonds. The molecule has 0 bridgehead atoms. The highest BCUT2D eigenvalue weighted by Gasteiger charge is 2.13. The SMILES string of the molecule is O=c1/c(=C\c2ccc(Br)cc2)sc2nc(-c3ccccc3Cl)nn12. The van der Waals surface area contributed by atoms with Crippen molar-refractivity contribution in [2.45, 2.75) is 0 Å². The molecule has 0 spiro atoms. The first kappa shape index (κ1) is 15.5. The molecule has 0 atom stereocenters. The molecule has 7 heteroatoms. The van der Waals surface area contributed by atoms with Crippen LogP contribution in [0.4, 0.5) is 0 Å². The van der Waals surface area contributed by atoms with E-state index in [1.54, 1.807) is 6.07 Å². The minimum Gasteiger partial charge on any atom is -0.266 e. The lowest BCUT2D eigenvalue weighted by molar-refractivity contribution is 0.937. The Kier molecular flexibility index (Phi) is 3.96. The van der Waals surface area contributed by atoms with Gasteiger partial charge in [-0.15, -0.1) is 5.10 Å². The fourth-order valence-electron chi connectivity index (χ4n) is 2.30. The number of hydrogen-bond donors (Lipinski definition) is 0. The first-order chi connectivity index (χ1) is 11.6. The molecule has 0 N–H and O–H groups in total. The van der Waals surface area contributed by atoms with E-state index in [1.807, 2.05) is 48.5 Å². The maximum Gasteiger partial charge on any atom is 0.291 e. The Morgan fingerprint density at radius 1 is 1.12 bits per heavy atom. The van der Waals surface area contributed by atoms with E-state index in [0.717, 1.165) is 10.0 Å². The third kappa shape index (κ3) is 2.77. The van der Waals surface area contributed by atoms with Crippen LogP contribution < -0.4 is 10.1 Å². The van der Waals surface area contributed by atoms with Crippen molar-refractivity contribution in [3.8, 4) is 11.4 Å². The van der Waals surface area contributed by atoms with Gasteiger partial charge in [-0.2, -0.15) is 9.50 Å². The monoisotopic (exact) mass is 417 g/mol. The molecule has 24 heavy (non-hydrogen) atoms. The summed E-state index contributed by atoms with van der Waals surface area (Å²) in [5.74, 6) is 0.458. The Balaban J connectivity index is 1.83. The van der Waals surface area contributed by atoms with Crippen LogP contribution in [0.2, 0.25) is 5.02 Å². The van der Waals surface area contributed by atoms with Crippen molar-refractivity contribution in [1.82, 2.24) is 14.6 Å². The molecule has 0 unspecified atom stereocenters. The lowest BCUT2D eigenvalue weighted by Crippen LogP contribution is -2.23. The number of aromatic nitrogens is 3.